The van der Waals surface area contributed by atoms with Crippen molar-refractivity contribution >= 4 is 17.9 Å². The first-order valence-corrected chi connectivity index (χ1v) is 32.1. The minimum atomic E-state index is -1.62. The van der Waals surface area contributed by atoms with Gasteiger partial charge in [0.15, 0.2) is 12.4 Å². The highest BCUT2D eigenvalue weighted by Gasteiger charge is 2.22. The van der Waals surface area contributed by atoms with Gasteiger partial charge in [0.1, 0.15) is 13.2 Å². The van der Waals surface area contributed by atoms with Gasteiger partial charge in [-0.3, -0.25) is 9.59 Å². The van der Waals surface area contributed by atoms with Crippen molar-refractivity contribution in [3.8, 4) is 0 Å². The highest BCUT2D eigenvalue weighted by atomic mass is 16.7. The van der Waals surface area contributed by atoms with Gasteiger partial charge in [-0.15, -0.1) is 0 Å². The van der Waals surface area contributed by atoms with E-state index in [1.807, 2.05) is 21.1 Å². The zero-order valence-corrected chi connectivity index (χ0v) is 50.8. The fourth-order valence-corrected chi connectivity index (χ4v) is 9.03. The molecule has 0 aliphatic rings. The molecule has 9 heteroatoms. The van der Waals surface area contributed by atoms with Gasteiger partial charge in [0.2, 0.25) is 0 Å². The second-order valence-corrected chi connectivity index (χ2v) is 22.7. The summed E-state index contributed by atoms with van der Waals surface area (Å²) in [5.41, 5.74) is 0. The van der Waals surface area contributed by atoms with Crippen LogP contribution < -0.4 is 5.11 Å². The van der Waals surface area contributed by atoms with Gasteiger partial charge < -0.3 is 33.3 Å². The van der Waals surface area contributed by atoms with Crippen molar-refractivity contribution in [2.75, 3.05) is 47.5 Å². The third-order valence-corrected chi connectivity index (χ3v) is 13.9. The second-order valence-electron chi connectivity index (χ2n) is 22.7. The maximum atomic E-state index is 12.9. The maximum absolute atomic E-state index is 12.9. The van der Waals surface area contributed by atoms with Crippen LogP contribution in [-0.4, -0.2) is 82.3 Å². The van der Waals surface area contributed by atoms with Crippen LogP contribution in [0.5, 0.6) is 0 Å². The Balaban J connectivity index is 4.00. The zero-order valence-electron chi connectivity index (χ0n) is 50.8. The molecule has 0 N–H and O–H groups in total. The van der Waals surface area contributed by atoms with Gasteiger partial charge in [0.05, 0.1) is 40.3 Å². The SMILES string of the molecule is CC/C=C\C/C=C\C/C=C\C/C=C\CCCCCCCCCCCCCCCCCCCCCCCCCCC(=O)OC(COC(=O)CCCCCCC/C=C\C/C=C\CCCCC)COC(OCC[N+](C)(C)C)C(=O)[O-]. The molecule has 0 fully saturated rings. The molecule has 0 saturated carbocycles. The Morgan fingerprint density at radius 3 is 1.10 bits per heavy atom. The van der Waals surface area contributed by atoms with Crippen molar-refractivity contribution in [2.24, 2.45) is 0 Å². The van der Waals surface area contributed by atoms with Crippen molar-refractivity contribution in [1.82, 2.24) is 0 Å². The summed E-state index contributed by atoms with van der Waals surface area (Å²) < 4.78 is 22.7. The zero-order chi connectivity index (χ0) is 56.2. The molecule has 0 aliphatic heterocycles. The first-order chi connectivity index (χ1) is 37.6. The Kier molecular flexibility index (Phi) is 56.4. The molecule has 0 heterocycles. The number of carboxylic acid groups (broad SMARTS) is 1. The fourth-order valence-electron chi connectivity index (χ4n) is 9.03. The van der Waals surface area contributed by atoms with Gasteiger partial charge in [-0.2, -0.15) is 0 Å². The molecular formula is C68H121NO8. The highest BCUT2D eigenvalue weighted by molar-refractivity contribution is 5.70. The molecule has 77 heavy (non-hydrogen) atoms. The molecule has 0 aromatic carbocycles. The Bertz CT molecular complexity index is 1490. The van der Waals surface area contributed by atoms with E-state index in [4.69, 9.17) is 18.9 Å². The number of likely N-dealkylation sites (N-methyl/N-ethyl adjacent to an activating group) is 1. The lowest BCUT2D eigenvalue weighted by molar-refractivity contribution is -0.870. The average molecular weight is 1080 g/mol. The van der Waals surface area contributed by atoms with E-state index in [-0.39, 0.29) is 38.6 Å². The summed E-state index contributed by atoms with van der Waals surface area (Å²) in [5, 5.41) is 11.8. The fraction of sp³-hybridized carbons (Fsp3) is 0.779. The van der Waals surface area contributed by atoms with E-state index < -0.39 is 24.3 Å². The predicted octanol–water partition coefficient (Wildman–Crippen LogP) is 18.0. The summed E-state index contributed by atoms with van der Waals surface area (Å²) in [6, 6.07) is 0. The topological polar surface area (TPSA) is 111 Å². The maximum Gasteiger partial charge on any atom is 0.306 e. The standard InChI is InChI=1S/C68H121NO8/c1-6-8-10-12-14-16-18-20-22-23-24-25-26-27-28-29-30-31-32-33-34-35-36-37-38-39-40-41-42-43-45-47-49-51-53-55-57-59-66(71)77-64(63-76-68(67(72)73)74-61-60-69(3,4)5)62-75-65(70)58-56-54-52-50-48-46-44-21-19-17-15-13-11-9-7-2/h8,10,14-17,20-22,24-25,44,64,68H,6-7,9,11-13,18-19,23,26-43,45-63H2,1-5H3/b10-8-,16-14-,17-15-,22-20-,25-24-,44-21-. The number of esters is 2. The van der Waals surface area contributed by atoms with Crippen molar-refractivity contribution < 1.29 is 42.9 Å². The van der Waals surface area contributed by atoms with E-state index in [0.29, 0.717) is 17.4 Å². The molecule has 0 spiro atoms. The minimum Gasteiger partial charge on any atom is -0.545 e. The summed E-state index contributed by atoms with van der Waals surface area (Å²) in [4.78, 5) is 37.3. The van der Waals surface area contributed by atoms with Crippen LogP contribution in [-0.2, 0) is 33.3 Å². The number of hydrogen-bond donors (Lipinski definition) is 0. The lowest BCUT2D eigenvalue weighted by atomic mass is 10.0. The normalized spacial score (nSPS) is 13.2. The van der Waals surface area contributed by atoms with E-state index in [1.54, 1.807) is 0 Å². The van der Waals surface area contributed by atoms with Crippen molar-refractivity contribution in [1.29, 1.82) is 0 Å². The van der Waals surface area contributed by atoms with Crippen LogP contribution >= 0.6 is 0 Å². The molecule has 0 aliphatic carbocycles. The summed E-state index contributed by atoms with van der Waals surface area (Å²) >= 11 is 0. The van der Waals surface area contributed by atoms with Gasteiger partial charge in [0, 0.05) is 12.8 Å². The van der Waals surface area contributed by atoms with Crippen LogP contribution in [0, 0.1) is 0 Å². The van der Waals surface area contributed by atoms with Crippen molar-refractivity contribution in [3.63, 3.8) is 0 Å². The number of ether oxygens (including phenoxy) is 4. The number of allylic oxidation sites excluding steroid dienone is 12. The van der Waals surface area contributed by atoms with Gasteiger partial charge in [-0.1, -0.05) is 260 Å². The number of unbranched alkanes of at least 4 members (excludes halogenated alkanes) is 32. The first kappa shape index (κ1) is 73.7. The molecule has 0 bridgehead atoms. The molecule has 446 valence electrons. The summed E-state index contributed by atoms with van der Waals surface area (Å²) in [6.07, 6.45) is 74.1. The molecule has 0 saturated heterocycles. The monoisotopic (exact) mass is 1080 g/mol. The number of carbonyl (C=O) groups excluding carboxylic acids is 3. The van der Waals surface area contributed by atoms with Crippen LogP contribution in [0.15, 0.2) is 72.9 Å². The number of aliphatic carboxylic acids is 1. The number of hydrogen-bond acceptors (Lipinski definition) is 8. The highest BCUT2D eigenvalue weighted by Crippen LogP contribution is 2.17. The van der Waals surface area contributed by atoms with Crippen LogP contribution in [0.4, 0.5) is 0 Å². The van der Waals surface area contributed by atoms with Gasteiger partial charge in [-0.25, -0.2) is 0 Å². The van der Waals surface area contributed by atoms with Gasteiger partial charge >= 0.3 is 11.9 Å². The second kappa shape index (κ2) is 58.9. The number of carboxylic acids is 1. The molecular weight excluding hydrogens is 959 g/mol. The Hall–Kier alpha value is -3.27. The third kappa shape index (κ3) is 60.2. The largest absolute Gasteiger partial charge is 0.545 e. The van der Waals surface area contributed by atoms with E-state index in [2.05, 4.69) is 86.8 Å². The molecule has 0 amide bonds. The first-order valence-electron chi connectivity index (χ1n) is 32.1. The van der Waals surface area contributed by atoms with Crippen LogP contribution in [0.2, 0.25) is 0 Å². The molecule has 9 nitrogen and oxygen atoms in total. The van der Waals surface area contributed by atoms with Crippen LogP contribution in [0.1, 0.15) is 284 Å². The molecule has 0 aromatic heterocycles. The molecule has 2 unspecified atom stereocenters. The van der Waals surface area contributed by atoms with Crippen LogP contribution in [0.3, 0.4) is 0 Å². The van der Waals surface area contributed by atoms with Gasteiger partial charge in [-0.05, 0) is 83.5 Å². The Labute approximate surface area is 475 Å². The smallest absolute Gasteiger partial charge is 0.306 e. The predicted molar refractivity (Wildman–Crippen MR) is 325 cm³/mol. The Morgan fingerprint density at radius 2 is 0.740 bits per heavy atom. The molecule has 0 rings (SSSR count). The summed E-state index contributed by atoms with van der Waals surface area (Å²) in [5.74, 6) is -2.29. The van der Waals surface area contributed by atoms with Crippen LogP contribution in [0.25, 0.3) is 0 Å². The Morgan fingerprint density at radius 1 is 0.403 bits per heavy atom. The van der Waals surface area contributed by atoms with Crippen molar-refractivity contribution in [2.45, 2.75) is 296 Å². The van der Waals surface area contributed by atoms with Crippen molar-refractivity contribution in [3.05, 3.63) is 72.9 Å². The molecule has 0 aromatic rings. The number of rotatable bonds is 59. The summed E-state index contributed by atoms with van der Waals surface area (Å²) in [7, 11) is 5.92. The van der Waals surface area contributed by atoms with E-state index in [9.17, 15) is 19.5 Å². The third-order valence-electron chi connectivity index (χ3n) is 13.9. The number of quaternary nitrogens is 1. The minimum absolute atomic E-state index is 0.145. The number of carbonyl (C=O) groups is 3. The van der Waals surface area contributed by atoms with E-state index >= 15 is 0 Å². The number of nitrogens with zero attached hydrogens (tertiary/aromatic N) is 1. The molecule has 2 atom stereocenters. The quantitative estimate of drug-likeness (QED) is 0.0195. The van der Waals surface area contributed by atoms with E-state index in [0.717, 1.165) is 83.5 Å². The molecule has 0 radical (unpaired) electrons. The van der Waals surface area contributed by atoms with E-state index in [1.165, 1.54) is 167 Å². The van der Waals surface area contributed by atoms with Gasteiger partial charge in [0.25, 0.3) is 0 Å². The lowest BCUT2D eigenvalue weighted by Gasteiger charge is -2.26. The summed E-state index contributed by atoms with van der Waals surface area (Å²) in [6.45, 7) is 4.61. The lowest BCUT2D eigenvalue weighted by Crippen LogP contribution is -2.44. The average Bonchev–Trinajstić information content (AvgIpc) is 3.40.